The van der Waals surface area contributed by atoms with E-state index in [1.54, 1.807) is 18.5 Å². The fraction of sp³-hybridized carbons (Fsp3) is 0. The van der Waals surface area contributed by atoms with Gasteiger partial charge in [0.05, 0.1) is 4.47 Å². The van der Waals surface area contributed by atoms with Gasteiger partial charge in [0.25, 0.3) is 0 Å². The molecule has 5 heteroatoms. The SMILES string of the molecule is Brc1cnc(-c2ccon2)nc1. The normalized spacial score (nSPS) is 10.1. The van der Waals surface area contributed by atoms with Gasteiger partial charge in [-0.05, 0) is 15.9 Å². The molecule has 2 aromatic heterocycles. The highest BCUT2D eigenvalue weighted by atomic mass is 79.9. The first kappa shape index (κ1) is 7.42. The van der Waals surface area contributed by atoms with Gasteiger partial charge in [-0.1, -0.05) is 5.16 Å². The summed E-state index contributed by atoms with van der Waals surface area (Å²) >= 11 is 3.24. The predicted molar refractivity (Wildman–Crippen MR) is 45.2 cm³/mol. The molecule has 0 fully saturated rings. The van der Waals surface area contributed by atoms with Gasteiger partial charge in [-0.25, -0.2) is 9.97 Å². The molecule has 0 amide bonds. The molecule has 2 heterocycles. The van der Waals surface area contributed by atoms with E-state index in [2.05, 4.69) is 35.6 Å². The summed E-state index contributed by atoms with van der Waals surface area (Å²) in [7, 11) is 0. The van der Waals surface area contributed by atoms with Crippen molar-refractivity contribution in [3.63, 3.8) is 0 Å². The van der Waals surface area contributed by atoms with Crippen molar-refractivity contribution in [2.75, 3.05) is 0 Å². The second-order valence-corrected chi connectivity index (χ2v) is 3.03. The molecule has 0 aliphatic heterocycles. The Bertz CT molecular complexity index is 357. The smallest absolute Gasteiger partial charge is 0.181 e. The minimum Gasteiger partial charge on any atom is -0.364 e. The summed E-state index contributed by atoms with van der Waals surface area (Å²) in [6.07, 6.45) is 4.81. The zero-order chi connectivity index (χ0) is 8.39. The molecule has 0 radical (unpaired) electrons. The van der Waals surface area contributed by atoms with E-state index < -0.39 is 0 Å². The third-order valence-corrected chi connectivity index (χ3v) is 1.70. The molecule has 0 aliphatic carbocycles. The first-order valence-corrected chi connectivity index (χ1v) is 4.04. The first-order chi connectivity index (χ1) is 5.86. The largest absolute Gasteiger partial charge is 0.364 e. The molecule has 2 aromatic rings. The third-order valence-electron chi connectivity index (χ3n) is 1.29. The van der Waals surface area contributed by atoms with E-state index in [-0.39, 0.29) is 0 Å². The van der Waals surface area contributed by atoms with Crippen LogP contribution in [0.25, 0.3) is 11.5 Å². The second kappa shape index (κ2) is 3.02. The Morgan fingerprint density at radius 3 is 2.58 bits per heavy atom. The van der Waals surface area contributed by atoms with Gasteiger partial charge in [0.15, 0.2) is 11.5 Å². The summed E-state index contributed by atoms with van der Waals surface area (Å²) in [5, 5.41) is 3.70. The zero-order valence-corrected chi connectivity index (χ0v) is 7.52. The van der Waals surface area contributed by atoms with Crippen LogP contribution in [-0.4, -0.2) is 15.1 Å². The van der Waals surface area contributed by atoms with Gasteiger partial charge >= 0.3 is 0 Å². The van der Waals surface area contributed by atoms with Crippen LogP contribution in [0.2, 0.25) is 0 Å². The summed E-state index contributed by atoms with van der Waals surface area (Å²) in [5.74, 6) is 0.562. The van der Waals surface area contributed by atoms with Crippen LogP contribution in [0, 0.1) is 0 Å². The van der Waals surface area contributed by atoms with Crippen LogP contribution in [0.5, 0.6) is 0 Å². The van der Waals surface area contributed by atoms with E-state index in [9.17, 15) is 0 Å². The Labute approximate surface area is 76.8 Å². The van der Waals surface area contributed by atoms with E-state index in [1.807, 2.05) is 0 Å². The number of rotatable bonds is 1. The lowest BCUT2D eigenvalue weighted by Gasteiger charge is -1.91. The van der Waals surface area contributed by atoms with Crippen LogP contribution in [0.1, 0.15) is 0 Å². The summed E-state index contributed by atoms with van der Waals surface area (Å²) in [6, 6.07) is 1.71. The average molecular weight is 226 g/mol. The minimum absolute atomic E-state index is 0.562. The molecule has 4 nitrogen and oxygen atoms in total. The molecule has 0 spiro atoms. The molecule has 0 bridgehead atoms. The zero-order valence-electron chi connectivity index (χ0n) is 5.94. The minimum atomic E-state index is 0.562. The molecule has 0 aromatic carbocycles. The topological polar surface area (TPSA) is 51.8 Å². The summed E-state index contributed by atoms with van der Waals surface area (Å²) in [4.78, 5) is 8.08. The Hall–Kier alpha value is -1.23. The number of hydrogen-bond donors (Lipinski definition) is 0. The second-order valence-electron chi connectivity index (χ2n) is 2.11. The van der Waals surface area contributed by atoms with Crippen LogP contribution in [0.15, 0.2) is 33.7 Å². The first-order valence-electron chi connectivity index (χ1n) is 3.24. The Balaban J connectivity index is 2.43. The number of aromatic nitrogens is 3. The quantitative estimate of drug-likeness (QED) is 0.744. The highest BCUT2D eigenvalue weighted by Gasteiger charge is 2.02. The molecule has 0 unspecified atom stereocenters. The number of nitrogens with zero attached hydrogens (tertiary/aromatic N) is 3. The molecule has 0 N–H and O–H groups in total. The highest BCUT2D eigenvalue weighted by Crippen LogP contribution is 2.12. The monoisotopic (exact) mass is 225 g/mol. The van der Waals surface area contributed by atoms with Crippen LogP contribution < -0.4 is 0 Å². The van der Waals surface area contributed by atoms with Crippen LogP contribution >= 0.6 is 15.9 Å². The van der Waals surface area contributed by atoms with Crippen molar-refractivity contribution in [2.45, 2.75) is 0 Å². The van der Waals surface area contributed by atoms with Gasteiger partial charge in [0.2, 0.25) is 0 Å². The summed E-state index contributed by atoms with van der Waals surface area (Å²) < 4.78 is 5.50. The molecular formula is C7H4BrN3O. The van der Waals surface area contributed by atoms with Gasteiger partial charge in [0, 0.05) is 18.5 Å². The molecular weight excluding hydrogens is 222 g/mol. The lowest BCUT2D eigenvalue weighted by Crippen LogP contribution is -1.86. The van der Waals surface area contributed by atoms with Gasteiger partial charge in [0.1, 0.15) is 6.26 Å². The van der Waals surface area contributed by atoms with E-state index in [4.69, 9.17) is 0 Å². The van der Waals surface area contributed by atoms with Gasteiger partial charge in [-0.2, -0.15) is 0 Å². The third kappa shape index (κ3) is 1.35. The lowest BCUT2D eigenvalue weighted by atomic mass is 10.4. The molecule has 0 saturated carbocycles. The van der Waals surface area contributed by atoms with Gasteiger partial charge < -0.3 is 4.52 Å². The molecule has 60 valence electrons. The number of halogens is 1. The maximum absolute atomic E-state index is 4.66. The Kier molecular flexibility index (Phi) is 1.87. The molecule has 12 heavy (non-hydrogen) atoms. The molecule has 0 aliphatic rings. The summed E-state index contributed by atoms with van der Waals surface area (Å²) in [6.45, 7) is 0. The predicted octanol–water partition coefficient (Wildman–Crippen LogP) is 1.89. The van der Waals surface area contributed by atoms with Crippen molar-refractivity contribution in [2.24, 2.45) is 0 Å². The maximum Gasteiger partial charge on any atom is 0.181 e. The lowest BCUT2D eigenvalue weighted by molar-refractivity contribution is 0.422. The van der Waals surface area contributed by atoms with Crippen molar-refractivity contribution < 1.29 is 4.52 Å². The Morgan fingerprint density at radius 2 is 2.00 bits per heavy atom. The van der Waals surface area contributed by atoms with Crippen molar-refractivity contribution in [3.05, 3.63) is 29.2 Å². The van der Waals surface area contributed by atoms with E-state index in [1.165, 1.54) is 6.26 Å². The highest BCUT2D eigenvalue weighted by molar-refractivity contribution is 9.10. The summed E-state index contributed by atoms with van der Waals surface area (Å²) in [5.41, 5.74) is 0.641. The van der Waals surface area contributed by atoms with Crippen molar-refractivity contribution in [1.29, 1.82) is 0 Å². The fourth-order valence-electron chi connectivity index (χ4n) is 0.772. The molecule has 0 atom stereocenters. The van der Waals surface area contributed by atoms with Crippen molar-refractivity contribution in [3.8, 4) is 11.5 Å². The maximum atomic E-state index is 4.66. The molecule has 0 saturated heterocycles. The van der Waals surface area contributed by atoms with Gasteiger partial charge in [-0.15, -0.1) is 0 Å². The van der Waals surface area contributed by atoms with Crippen LogP contribution in [0.4, 0.5) is 0 Å². The van der Waals surface area contributed by atoms with Crippen LogP contribution in [0.3, 0.4) is 0 Å². The van der Waals surface area contributed by atoms with E-state index in [0.717, 1.165) is 4.47 Å². The average Bonchev–Trinajstić information content (AvgIpc) is 2.58. The van der Waals surface area contributed by atoms with E-state index >= 15 is 0 Å². The van der Waals surface area contributed by atoms with Crippen molar-refractivity contribution >= 4 is 15.9 Å². The Morgan fingerprint density at radius 1 is 1.25 bits per heavy atom. The molecule has 2 rings (SSSR count). The fourth-order valence-corrected chi connectivity index (χ4v) is 0.977. The van der Waals surface area contributed by atoms with Crippen molar-refractivity contribution in [1.82, 2.24) is 15.1 Å². The number of hydrogen-bond acceptors (Lipinski definition) is 4. The van der Waals surface area contributed by atoms with Gasteiger partial charge in [-0.3, -0.25) is 0 Å². The van der Waals surface area contributed by atoms with Crippen LogP contribution in [-0.2, 0) is 0 Å². The standard InChI is InChI=1S/C7H4BrN3O/c8-5-3-9-7(10-4-5)6-1-2-12-11-6/h1-4H. The van der Waals surface area contributed by atoms with E-state index in [0.29, 0.717) is 11.5 Å².